The molecule has 0 aromatic heterocycles. The standard InChI is InChI=1S/C12H15FS/c13-10-6-8-12(9-7-10)14-11-4-2-1-3-5-11/h6-9,11H,1-5H2. The summed E-state index contributed by atoms with van der Waals surface area (Å²) in [7, 11) is 0. The van der Waals surface area contributed by atoms with E-state index in [1.54, 1.807) is 12.1 Å². The zero-order valence-corrected chi connectivity index (χ0v) is 9.02. The Bertz CT molecular complexity index is 275. The van der Waals surface area contributed by atoms with Gasteiger partial charge >= 0.3 is 0 Å². The average Bonchev–Trinajstić information content (AvgIpc) is 2.23. The van der Waals surface area contributed by atoms with Gasteiger partial charge in [0.05, 0.1) is 0 Å². The minimum atomic E-state index is -0.141. The number of halogens is 1. The van der Waals surface area contributed by atoms with Crippen molar-refractivity contribution in [1.82, 2.24) is 0 Å². The summed E-state index contributed by atoms with van der Waals surface area (Å²) in [4.78, 5) is 1.21. The maximum Gasteiger partial charge on any atom is 0.123 e. The van der Waals surface area contributed by atoms with Crippen LogP contribution in [0.3, 0.4) is 0 Å². The van der Waals surface area contributed by atoms with E-state index < -0.39 is 0 Å². The molecule has 0 radical (unpaired) electrons. The number of benzene rings is 1. The van der Waals surface area contributed by atoms with Crippen molar-refractivity contribution in [1.29, 1.82) is 0 Å². The van der Waals surface area contributed by atoms with Crippen molar-refractivity contribution in [3.05, 3.63) is 30.1 Å². The first-order valence-corrected chi connectivity index (χ1v) is 6.15. The first kappa shape index (κ1) is 10.0. The predicted octanol–water partition coefficient (Wildman–Crippen LogP) is 4.25. The highest BCUT2D eigenvalue weighted by Crippen LogP contribution is 2.33. The lowest BCUT2D eigenvalue weighted by Crippen LogP contribution is -2.07. The molecule has 2 rings (SSSR count). The zero-order valence-electron chi connectivity index (χ0n) is 8.21. The van der Waals surface area contributed by atoms with Crippen LogP contribution in [-0.2, 0) is 0 Å². The summed E-state index contributed by atoms with van der Waals surface area (Å²) in [6.07, 6.45) is 6.75. The normalized spacial score (nSPS) is 18.4. The Morgan fingerprint density at radius 3 is 2.29 bits per heavy atom. The third kappa shape index (κ3) is 2.74. The molecule has 1 aromatic rings. The molecule has 76 valence electrons. The molecule has 14 heavy (non-hydrogen) atoms. The smallest absolute Gasteiger partial charge is 0.123 e. The van der Waals surface area contributed by atoms with Gasteiger partial charge in [-0.15, -0.1) is 11.8 Å². The SMILES string of the molecule is Fc1ccc(SC2CCCCC2)cc1. The molecule has 1 aliphatic rings. The molecular formula is C12H15FS. The van der Waals surface area contributed by atoms with Crippen LogP contribution in [0.25, 0.3) is 0 Å². The molecule has 0 bridgehead atoms. The van der Waals surface area contributed by atoms with E-state index in [4.69, 9.17) is 0 Å². The molecule has 2 heteroatoms. The predicted molar refractivity (Wildman–Crippen MR) is 59.1 cm³/mol. The van der Waals surface area contributed by atoms with E-state index in [0.717, 1.165) is 5.25 Å². The Morgan fingerprint density at radius 2 is 1.64 bits per heavy atom. The number of hydrogen-bond acceptors (Lipinski definition) is 1. The van der Waals surface area contributed by atoms with Crippen molar-refractivity contribution >= 4 is 11.8 Å². The maximum atomic E-state index is 12.7. The van der Waals surface area contributed by atoms with Crippen LogP contribution in [0.15, 0.2) is 29.2 Å². The van der Waals surface area contributed by atoms with Gasteiger partial charge in [0.1, 0.15) is 5.82 Å². The second-order valence-corrected chi connectivity index (χ2v) is 5.21. The zero-order chi connectivity index (χ0) is 9.80. The number of hydrogen-bond donors (Lipinski definition) is 0. The molecule has 0 heterocycles. The monoisotopic (exact) mass is 210 g/mol. The van der Waals surface area contributed by atoms with Crippen LogP contribution in [0.4, 0.5) is 4.39 Å². The fourth-order valence-corrected chi connectivity index (χ4v) is 3.14. The molecular weight excluding hydrogens is 195 g/mol. The van der Waals surface area contributed by atoms with Gasteiger partial charge in [0.25, 0.3) is 0 Å². The molecule has 1 fully saturated rings. The average molecular weight is 210 g/mol. The van der Waals surface area contributed by atoms with Crippen molar-refractivity contribution in [3.8, 4) is 0 Å². The van der Waals surface area contributed by atoms with Gasteiger partial charge in [0.2, 0.25) is 0 Å². The Balaban J connectivity index is 1.92. The summed E-state index contributed by atoms with van der Waals surface area (Å²) in [6, 6.07) is 6.86. The summed E-state index contributed by atoms with van der Waals surface area (Å²) in [5, 5.41) is 0.759. The molecule has 0 spiro atoms. The highest BCUT2D eigenvalue weighted by molar-refractivity contribution is 8.00. The van der Waals surface area contributed by atoms with E-state index in [1.165, 1.54) is 37.0 Å². The van der Waals surface area contributed by atoms with Crippen molar-refractivity contribution in [3.63, 3.8) is 0 Å². The van der Waals surface area contributed by atoms with Crippen LogP contribution in [0, 0.1) is 5.82 Å². The fraction of sp³-hybridized carbons (Fsp3) is 0.500. The molecule has 1 aliphatic carbocycles. The highest BCUT2D eigenvalue weighted by atomic mass is 32.2. The topological polar surface area (TPSA) is 0 Å². The van der Waals surface area contributed by atoms with E-state index in [-0.39, 0.29) is 5.82 Å². The van der Waals surface area contributed by atoms with Crippen molar-refractivity contribution in [2.75, 3.05) is 0 Å². The van der Waals surface area contributed by atoms with Crippen LogP contribution >= 0.6 is 11.8 Å². The van der Waals surface area contributed by atoms with Crippen LogP contribution in [0.1, 0.15) is 32.1 Å². The molecule has 1 aromatic carbocycles. The van der Waals surface area contributed by atoms with E-state index in [1.807, 2.05) is 23.9 Å². The summed E-state index contributed by atoms with van der Waals surface area (Å²) in [5.74, 6) is -0.141. The number of rotatable bonds is 2. The third-order valence-electron chi connectivity index (χ3n) is 2.67. The second kappa shape index (κ2) is 4.83. The Morgan fingerprint density at radius 1 is 1.00 bits per heavy atom. The van der Waals surface area contributed by atoms with Crippen LogP contribution in [0.2, 0.25) is 0 Å². The van der Waals surface area contributed by atoms with Gasteiger partial charge in [-0.05, 0) is 37.1 Å². The number of thioether (sulfide) groups is 1. The Hall–Kier alpha value is -0.500. The molecule has 0 N–H and O–H groups in total. The Labute approximate surface area is 88.9 Å². The van der Waals surface area contributed by atoms with Crippen LogP contribution in [-0.4, -0.2) is 5.25 Å². The summed E-state index contributed by atoms with van der Waals surface area (Å²) in [5.41, 5.74) is 0. The van der Waals surface area contributed by atoms with E-state index in [2.05, 4.69) is 0 Å². The van der Waals surface area contributed by atoms with Crippen LogP contribution in [0.5, 0.6) is 0 Å². The molecule has 1 saturated carbocycles. The minimum Gasteiger partial charge on any atom is -0.207 e. The molecule has 0 amide bonds. The van der Waals surface area contributed by atoms with Gasteiger partial charge in [-0.1, -0.05) is 19.3 Å². The van der Waals surface area contributed by atoms with Crippen molar-refractivity contribution < 1.29 is 4.39 Å². The third-order valence-corrected chi connectivity index (χ3v) is 4.02. The summed E-state index contributed by atoms with van der Waals surface area (Å²) >= 11 is 1.91. The summed E-state index contributed by atoms with van der Waals surface area (Å²) < 4.78 is 12.7. The van der Waals surface area contributed by atoms with Gasteiger partial charge in [-0.3, -0.25) is 0 Å². The van der Waals surface area contributed by atoms with Gasteiger partial charge in [0, 0.05) is 10.1 Å². The second-order valence-electron chi connectivity index (χ2n) is 3.83. The van der Waals surface area contributed by atoms with E-state index in [0.29, 0.717) is 0 Å². The van der Waals surface area contributed by atoms with E-state index in [9.17, 15) is 4.39 Å². The maximum absolute atomic E-state index is 12.7. The highest BCUT2D eigenvalue weighted by Gasteiger charge is 2.14. The first-order valence-electron chi connectivity index (χ1n) is 5.27. The summed E-state index contributed by atoms with van der Waals surface area (Å²) in [6.45, 7) is 0. The van der Waals surface area contributed by atoms with Crippen LogP contribution < -0.4 is 0 Å². The largest absolute Gasteiger partial charge is 0.207 e. The molecule has 0 unspecified atom stereocenters. The van der Waals surface area contributed by atoms with Gasteiger partial charge in [-0.2, -0.15) is 0 Å². The fourth-order valence-electron chi connectivity index (χ4n) is 1.89. The first-order chi connectivity index (χ1) is 6.84. The quantitative estimate of drug-likeness (QED) is 0.703. The van der Waals surface area contributed by atoms with Crippen molar-refractivity contribution in [2.24, 2.45) is 0 Å². The van der Waals surface area contributed by atoms with Gasteiger partial charge < -0.3 is 0 Å². The lowest BCUT2D eigenvalue weighted by atomic mass is 10.0. The van der Waals surface area contributed by atoms with Gasteiger partial charge in [-0.25, -0.2) is 4.39 Å². The minimum absolute atomic E-state index is 0.141. The molecule has 0 saturated heterocycles. The van der Waals surface area contributed by atoms with E-state index >= 15 is 0 Å². The van der Waals surface area contributed by atoms with Crippen molar-refractivity contribution in [2.45, 2.75) is 42.2 Å². The molecule has 0 atom stereocenters. The lowest BCUT2D eigenvalue weighted by molar-refractivity contribution is 0.516. The lowest BCUT2D eigenvalue weighted by Gasteiger charge is -2.20. The molecule has 0 aliphatic heterocycles. The Kier molecular flexibility index (Phi) is 3.46. The van der Waals surface area contributed by atoms with Gasteiger partial charge in [0.15, 0.2) is 0 Å². The molecule has 0 nitrogen and oxygen atoms in total.